The Bertz CT molecular complexity index is 252. The van der Waals surface area contributed by atoms with Crippen molar-refractivity contribution in [2.24, 2.45) is 0 Å². The van der Waals surface area contributed by atoms with E-state index in [-0.39, 0.29) is 6.04 Å². The van der Waals surface area contributed by atoms with E-state index in [2.05, 4.69) is 28.6 Å². The van der Waals surface area contributed by atoms with Crippen molar-refractivity contribution in [3.63, 3.8) is 0 Å². The largest absolute Gasteiger partial charge is 0.314 e. The molecule has 1 fully saturated rings. The Balaban J connectivity index is 0. The molecule has 0 aliphatic carbocycles. The summed E-state index contributed by atoms with van der Waals surface area (Å²) in [5, 5.41) is 3.32. The average Bonchev–Trinajstić information content (AvgIpc) is 2.49. The van der Waals surface area contributed by atoms with Gasteiger partial charge in [-0.1, -0.05) is 51.7 Å². The predicted octanol–water partition coefficient (Wildman–Crippen LogP) is 3.08. The summed E-state index contributed by atoms with van der Waals surface area (Å²) in [5.41, 5.74) is 0. The van der Waals surface area contributed by atoms with Crippen molar-refractivity contribution in [2.75, 3.05) is 26.2 Å². The smallest absolute Gasteiger partial charge is 0.0902 e. The van der Waals surface area contributed by atoms with Crippen LogP contribution >= 0.6 is 0 Å². The normalized spacial score (nSPS) is 16.3. The third-order valence-corrected chi connectivity index (χ3v) is 2.25. The summed E-state index contributed by atoms with van der Waals surface area (Å²) >= 11 is 0. The van der Waals surface area contributed by atoms with Gasteiger partial charge < -0.3 is 5.32 Å². The molecule has 1 saturated heterocycles. The van der Waals surface area contributed by atoms with Crippen LogP contribution in [-0.2, 0) is 0 Å². The maximum Gasteiger partial charge on any atom is 0.0902 e. The van der Waals surface area contributed by atoms with Gasteiger partial charge in [0.1, 0.15) is 0 Å². The summed E-state index contributed by atoms with van der Waals surface area (Å²) < 4.78 is 0. The fraction of sp³-hybridized carbons (Fsp3) is 0.625. The topological polar surface area (TPSA) is 15.3 Å². The summed E-state index contributed by atoms with van der Waals surface area (Å²) in [6, 6.07) is 0.202. The molecule has 0 saturated carbocycles. The number of nitrogens with one attached hydrogen (secondary N) is 1. The van der Waals surface area contributed by atoms with Gasteiger partial charge in [0, 0.05) is 26.2 Å². The molecule has 0 aromatic rings. The molecule has 0 aromatic carbocycles. The van der Waals surface area contributed by atoms with E-state index in [1.54, 1.807) is 0 Å². The quantitative estimate of drug-likeness (QED) is 0.598. The van der Waals surface area contributed by atoms with Crippen LogP contribution in [0.15, 0.2) is 24.8 Å². The summed E-state index contributed by atoms with van der Waals surface area (Å²) in [6.07, 6.45) is 5.74. The van der Waals surface area contributed by atoms with Gasteiger partial charge in [-0.25, -0.2) is 0 Å². The molecule has 1 aliphatic rings. The standard InChI is InChI=1S/C12H18N2.2C2H6/c1-3-5-6-7-12(4-2)14-10-8-13-9-11-14;2*1-2/h3-5,12-13H,2,8-11H2,1H3;2*1-2H3/b5-3-;;. The molecule has 0 radical (unpaired) electrons. The molecule has 1 heterocycles. The third-order valence-electron chi connectivity index (χ3n) is 2.25. The molecule has 0 amide bonds. The summed E-state index contributed by atoms with van der Waals surface area (Å²) in [7, 11) is 0. The van der Waals surface area contributed by atoms with Gasteiger partial charge in [0.05, 0.1) is 6.04 Å². The van der Waals surface area contributed by atoms with Crippen molar-refractivity contribution < 1.29 is 0 Å². The first-order valence-corrected chi connectivity index (χ1v) is 7.08. The van der Waals surface area contributed by atoms with Crippen LogP contribution in [0.4, 0.5) is 0 Å². The Hall–Kier alpha value is -1.04. The van der Waals surface area contributed by atoms with E-state index in [0.29, 0.717) is 0 Å². The highest BCUT2D eigenvalue weighted by molar-refractivity contribution is 5.22. The fourth-order valence-electron chi connectivity index (χ4n) is 1.48. The lowest BCUT2D eigenvalue weighted by atomic mass is 10.2. The monoisotopic (exact) mass is 250 g/mol. The lowest BCUT2D eigenvalue weighted by Crippen LogP contribution is -2.47. The highest BCUT2D eigenvalue weighted by Gasteiger charge is 2.14. The molecule has 1 rings (SSSR count). The number of hydrogen-bond acceptors (Lipinski definition) is 2. The van der Waals surface area contributed by atoms with Crippen LogP contribution in [0.1, 0.15) is 34.6 Å². The maximum absolute atomic E-state index is 3.83. The fourth-order valence-corrected chi connectivity index (χ4v) is 1.48. The van der Waals surface area contributed by atoms with Crippen LogP contribution in [0.3, 0.4) is 0 Å². The van der Waals surface area contributed by atoms with Gasteiger partial charge in [0.15, 0.2) is 0 Å². The predicted molar refractivity (Wildman–Crippen MR) is 83.7 cm³/mol. The molecule has 1 unspecified atom stereocenters. The van der Waals surface area contributed by atoms with E-state index in [4.69, 9.17) is 0 Å². The van der Waals surface area contributed by atoms with E-state index in [1.165, 1.54) is 0 Å². The van der Waals surface area contributed by atoms with Gasteiger partial charge in [0.2, 0.25) is 0 Å². The Morgan fingerprint density at radius 1 is 1.17 bits per heavy atom. The number of piperazine rings is 1. The lowest BCUT2D eigenvalue weighted by molar-refractivity contribution is 0.233. The minimum absolute atomic E-state index is 0.202. The molecule has 2 heteroatoms. The minimum Gasteiger partial charge on any atom is -0.314 e. The molecule has 2 nitrogen and oxygen atoms in total. The highest BCUT2D eigenvalue weighted by atomic mass is 15.2. The van der Waals surface area contributed by atoms with E-state index >= 15 is 0 Å². The van der Waals surface area contributed by atoms with E-state index in [1.807, 2.05) is 52.8 Å². The van der Waals surface area contributed by atoms with Crippen LogP contribution in [-0.4, -0.2) is 37.1 Å². The first kappa shape index (κ1) is 19.3. The summed E-state index contributed by atoms with van der Waals surface area (Å²) in [5.74, 6) is 6.20. The van der Waals surface area contributed by atoms with Crippen LogP contribution < -0.4 is 5.32 Å². The molecule has 0 aromatic heterocycles. The van der Waals surface area contributed by atoms with Crippen molar-refractivity contribution in [1.82, 2.24) is 10.2 Å². The highest BCUT2D eigenvalue weighted by Crippen LogP contribution is 2.01. The van der Waals surface area contributed by atoms with Crippen molar-refractivity contribution in [2.45, 2.75) is 40.7 Å². The van der Waals surface area contributed by atoms with E-state index < -0.39 is 0 Å². The molecule has 0 spiro atoms. The Morgan fingerprint density at radius 2 is 1.72 bits per heavy atom. The first-order chi connectivity index (χ1) is 8.88. The van der Waals surface area contributed by atoms with Gasteiger partial charge >= 0.3 is 0 Å². The second kappa shape index (κ2) is 16.0. The van der Waals surface area contributed by atoms with Crippen LogP contribution in [0.2, 0.25) is 0 Å². The van der Waals surface area contributed by atoms with Crippen molar-refractivity contribution >= 4 is 0 Å². The Labute approximate surface area is 114 Å². The van der Waals surface area contributed by atoms with Crippen molar-refractivity contribution in [1.29, 1.82) is 0 Å². The van der Waals surface area contributed by atoms with Gasteiger partial charge in [-0.2, -0.15) is 0 Å². The molecular formula is C16H30N2. The average molecular weight is 250 g/mol. The van der Waals surface area contributed by atoms with Gasteiger partial charge in [-0.3, -0.25) is 4.90 Å². The number of hydrogen-bond donors (Lipinski definition) is 1. The van der Waals surface area contributed by atoms with Gasteiger partial charge in [-0.05, 0) is 13.0 Å². The maximum atomic E-state index is 3.83. The Morgan fingerprint density at radius 3 is 2.17 bits per heavy atom. The molecular weight excluding hydrogens is 220 g/mol. The van der Waals surface area contributed by atoms with Crippen molar-refractivity contribution in [3.8, 4) is 11.8 Å². The van der Waals surface area contributed by atoms with Crippen LogP contribution in [0.5, 0.6) is 0 Å². The van der Waals surface area contributed by atoms with E-state index in [9.17, 15) is 0 Å². The Kier molecular flexibility index (Phi) is 17.1. The second-order valence-corrected chi connectivity index (χ2v) is 3.26. The summed E-state index contributed by atoms with van der Waals surface area (Å²) in [6.45, 7) is 18.0. The van der Waals surface area contributed by atoms with Crippen molar-refractivity contribution in [3.05, 3.63) is 24.8 Å². The molecule has 1 aliphatic heterocycles. The number of nitrogens with zero attached hydrogens (tertiary/aromatic N) is 1. The van der Waals surface area contributed by atoms with Crippen LogP contribution in [0.25, 0.3) is 0 Å². The first-order valence-electron chi connectivity index (χ1n) is 7.08. The third kappa shape index (κ3) is 9.04. The minimum atomic E-state index is 0.202. The number of rotatable bonds is 2. The van der Waals surface area contributed by atoms with Gasteiger partial charge in [-0.15, -0.1) is 6.58 Å². The van der Waals surface area contributed by atoms with Crippen LogP contribution in [0, 0.1) is 11.8 Å². The second-order valence-electron chi connectivity index (χ2n) is 3.26. The molecule has 1 N–H and O–H groups in total. The molecule has 0 bridgehead atoms. The zero-order valence-corrected chi connectivity index (χ0v) is 12.8. The zero-order valence-electron chi connectivity index (χ0n) is 12.8. The summed E-state index contributed by atoms with van der Waals surface area (Å²) in [4.78, 5) is 2.35. The number of allylic oxidation sites excluding steroid dienone is 2. The van der Waals surface area contributed by atoms with E-state index in [0.717, 1.165) is 26.2 Å². The molecule has 1 atom stereocenters. The molecule has 18 heavy (non-hydrogen) atoms. The molecule has 104 valence electrons. The SMILES string of the molecule is C=CC(C#C/C=C\C)N1CCNCC1.CC.CC. The van der Waals surface area contributed by atoms with Gasteiger partial charge in [0.25, 0.3) is 0 Å². The lowest BCUT2D eigenvalue weighted by Gasteiger charge is -2.30. The zero-order chi connectivity index (χ0) is 14.2.